The number of carbonyl (C=O) groups excluding carboxylic acids is 1. The van der Waals surface area contributed by atoms with Gasteiger partial charge in [-0.2, -0.15) is 13.2 Å². The van der Waals surface area contributed by atoms with Crippen LogP contribution in [-0.4, -0.2) is 12.5 Å². The van der Waals surface area contributed by atoms with E-state index < -0.39 is 17.6 Å². The fourth-order valence-electron chi connectivity index (χ4n) is 5.11. The van der Waals surface area contributed by atoms with Gasteiger partial charge in [0.05, 0.1) is 12.2 Å². The Morgan fingerprint density at radius 2 is 1.75 bits per heavy atom. The minimum absolute atomic E-state index is 0.112. The number of nitrogens with two attached hydrogens (primary N) is 1. The Bertz CT molecular complexity index is 669. The molecular formula is C22H32F3NO2. The molecule has 2 bridgehead atoms. The number of hydrogen-bond acceptors (Lipinski definition) is 2. The number of halogens is 3. The monoisotopic (exact) mass is 399 g/mol. The van der Waals surface area contributed by atoms with Gasteiger partial charge in [0.1, 0.15) is 5.75 Å². The molecular weight excluding hydrogens is 367 g/mol. The number of rotatable bonds is 4. The standard InChI is InChI=1S/C20H26F3NO2.C2H6/c1-12-5-13-7-14(6-12)10-19(2,9-13)11-26-17-4-3-15(18(24)25)8-16(17)20(21,22)23;1-2/h3-4,8,12-14H,5-7,9-11H2,1-2H3,(H2,24,25);1-2H3. The van der Waals surface area contributed by atoms with Gasteiger partial charge in [-0.25, -0.2) is 0 Å². The molecule has 2 atom stereocenters. The van der Waals surface area contributed by atoms with Crippen molar-refractivity contribution in [2.75, 3.05) is 6.61 Å². The molecule has 2 unspecified atom stereocenters. The molecule has 3 nitrogen and oxygen atoms in total. The summed E-state index contributed by atoms with van der Waals surface area (Å²) >= 11 is 0. The van der Waals surface area contributed by atoms with Crippen molar-refractivity contribution in [3.63, 3.8) is 0 Å². The van der Waals surface area contributed by atoms with Crippen molar-refractivity contribution >= 4 is 5.91 Å². The molecule has 2 aliphatic carbocycles. The molecule has 2 saturated carbocycles. The minimum Gasteiger partial charge on any atom is -0.492 e. The highest BCUT2D eigenvalue weighted by Gasteiger charge is 2.42. The summed E-state index contributed by atoms with van der Waals surface area (Å²) in [6.45, 7) is 8.66. The molecule has 0 saturated heterocycles. The summed E-state index contributed by atoms with van der Waals surface area (Å²) in [6, 6.07) is 3.27. The Labute approximate surface area is 165 Å². The van der Waals surface area contributed by atoms with Gasteiger partial charge in [-0.3, -0.25) is 4.79 Å². The number of fused-ring (bicyclic) bond motifs is 2. The molecule has 28 heavy (non-hydrogen) atoms. The molecule has 1 amide bonds. The highest BCUT2D eigenvalue weighted by atomic mass is 19.4. The molecule has 0 spiro atoms. The summed E-state index contributed by atoms with van der Waals surface area (Å²) in [4.78, 5) is 11.2. The van der Waals surface area contributed by atoms with Crippen molar-refractivity contribution in [3.8, 4) is 5.75 Å². The Hall–Kier alpha value is -1.72. The highest BCUT2D eigenvalue weighted by molar-refractivity contribution is 5.93. The average Bonchev–Trinajstić information content (AvgIpc) is 2.59. The molecule has 0 aliphatic heterocycles. The van der Waals surface area contributed by atoms with Crippen LogP contribution >= 0.6 is 0 Å². The van der Waals surface area contributed by atoms with Gasteiger partial charge in [-0.05, 0) is 68.1 Å². The van der Waals surface area contributed by atoms with E-state index in [1.807, 2.05) is 13.8 Å². The Kier molecular flexibility index (Phi) is 7.05. The van der Waals surface area contributed by atoms with E-state index in [0.717, 1.165) is 24.8 Å². The third-order valence-electron chi connectivity index (χ3n) is 5.85. The molecule has 2 fully saturated rings. The van der Waals surface area contributed by atoms with Crippen molar-refractivity contribution in [2.24, 2.45) is 28.9 Å². The van der Waals surface area contributed by atoms with Crippen LogP contribution in [0, 0.1) is 23.2 Å². The number of benzene rings is 1. The lowest BCUT2D eigenvalue weighted by Crippen LogP contribution is -2.39. The Morgan fingerprint density at radius 1 is 1.18 bits per heavy atom. The summed E-state index contributed by atoms with van der Waals surface area (Å²) in [5.41, 5.74) is 3.88. The first-order valence-electron chi connectivity index (χ1n) is 10.2. The first-order valence-corrected chi connectivity index (χ1v) is 10.2. The molecule has 6 heteroatoms. The van der Waals surface area contributed by atoms with Crippen LogP contribution in [0.5, 0.6) is 5.75 Å². The maximum atomic E-state index is 13.4. The van der Waals surface area contributed by atoms with Gasteiger partial charge in [0.15, 0.2) is 0 Å². The SMILES string of the molecule is CC.CC1CC2CC(C1)CC(C)(COc1ccc(C(N)=O)cc1C(F)(F)F)C2. The fourth-order valence-corrected chi connectivity index (χ4v) is 5.11. The van der Waals surface area contributed by atoms with Crippen LogP contribution in [0.25, 0.3) is 0 Å². The summed E-state index contributed by atoms with van der Waals surface area (Å²) in [7, 11) is 0. The molecule has 2 aliphatic rings. The lowest BCUT2D eigenvalue weighted by Gasteiger charge is -2.47. The largest absolute Gasteiger partial charge is 0.492 e. The van der Waals surface area contributed by atoms with Gasteiger partial charge < -0.3 is 10.5 Å². The second kappa shape index (κ2) is 8.75. The zero-order chi connectivity index (χ0) is 21.1. The van der Waals surface area contributed by atoms with Crippen molar-refractivity contribution in [1.29, 1.82) is 0 Å². The van der Waals surface area contributed by atoms with E-state index >= 15 is 0 Å². The van der Waals surface area contributed by atoms with E-state index in [1.165, 1.54) is 31.4 Å². The second-order valence-electron chi connectivity index (χ2n) is 8.62. The summed E-state index contributed by atoms with van der Waals surface area (Å²) < 4.78 is 45.7. The molecule has 0 aromatic heterocycles. The molecule has 0 heterocycles. The number of amides is 1. The number of carbonyl (C=O) groups is 1. The van der Waals surface area contributed by atoms with Crippen LogP contribution in [0.15, 0.2) is 18.2 Å². The van der Waals surface area contributed by atoms with Gasteiger partial charge in [-0.1, -0.05) is 27.7 Å². The van der Waals surface area contributed by atoms with Crippen LogP contribution in [0.2, 0.25) is 0 Å². The topological polar surface area (TPSA) is 52.3 Å². The predicted octanol–water partition coefficient (Wildman–Crippen LogP) is 6.06. The molecule has 1 aromatic rings. The number of alkyl halides is 3. The molecule has 2 N–H and O–H groups in total. The smallest absolute Gasteiger partial charge is 0.419 e. The van der Waals surface area contributed by atoms with E-state index in [1.54, 1.807) is 0 Å². The highest BCUT2D eigenvalue weighted by Crippen LogP contribution is 2.50. The maximum absolute atomic E-state index is 13.4. The van der Waals surface area contributed by atoms with Gasteiger partial charge in [-0.15, -0.1) is 0 Å². The van der Waals surface area contributed by atoms with Gasteiger partial charge >= 0.3 is 6.18 Å². The lowest BCUT2D eigenvalue weighted by molar-refractivity contribution is -0.139. The van der Waals surface area contributed by atoms with Crippen LogP contribution in [0.3, 0.4) is 0 Å². The first-order chi connectivity index (χ1) is 13.1. The predicted molar refractivity (Wildman–Crippen MR) is 104 cm³/mol. The zero-order valence-electron chi connectivity index (χ0n) is 17.2. The van der Waals surface area contributed by atoms with Crippen molar-refractivity contribution in [2.45, 2.75) is 66.0 Å². The van der Waals surface area contributed by atoms with E-state index in [4.69, 9.17) is 10.5 Å². The van der Waals surface area contributed by atoms with E-state index in [-0.39, 0.29) is 23.3 Å². The van der Waals surface area contributed by atoms with E-state index in [9.17, 15) is 18.0 Å². The summed E-state index contributed by atoms with van der Waals surface area (Å²) in [5.74, 6) is 0.911. The lowest BCUT2D eigenvalue weighted by atomic mass is 9.60. The van der Waals surface area contributed by atoms with E-state index in [0.29, 0.717) is 11.8 Å². The van der Waals surface area contributed by atoms with Crippen LogP contribution < -0.4 is 10.5 Å². The van der Waals surface area contributed by atoms with Crippen LogP contribution in [0.1, 0.15) is 75.7 Å². The number of primary amides is 1. The molecule has 3 rings (SSSR count). The molecule has 158 valence electrons. The van der Waals surface area contributed by atoms with Crippen molar-refractivity contribution < 1.29 is 22.7 Å². The van der Waals surface area contributed by atoms with Crippen LogP contribution in [0.4, 0.5) is 13.2 Å². The fraction of sp³-hybridized carbons (Fsp3) is 0.682. The third kappa shape index (κ3) is 5.42. The Morgan fingerprint density at radius 3 is 2.25 bits per heavy atom. The van der Waals surface area contributed by atoms with Crippen molar-refractivity contribution in [3.05, 3.63) is 29.3 Å². The van der Waals surface area contributed by atoms with Crippen LogP contribution in [-0.2, 0) is 6.18 Å². The number of hydrogen-bond donors (Lipinski definition) is 1. The molecule has 0 radical (unpaired) electrons. The minimum atomic E-state index is -4.60. The number of ether oxygens (including phenoxy) is 1. The van der Waals surface area contributed by atoms with Crippen molar-refractivity contribution in [1.82, 2.24) is 0 Å². The van der Waals surface area contributed by atoms with Gasteiger partial charge in [0.2, 0.25) is 5.91 Å². The van der Waals surface area contributed by atoms with Gasteiger partial charge in [0, 0.05) is 11.0 Å². The molecule has 1 aromatic carbocycles. The maximum Gasteiger partial charge on any atom is 0.419 e. The summed E-state index contributed by atoms with van der Waals surface area (Å²) in [6.07, 6.45) is 1.03. The quantitative estimate of drug-likeness (QED) is 0.669. The zero-order valence-corrected chi connectivity index (χ0v) is 17.2. The van der Waals surface area contributed by atoms with E-state index in [2.05, 4.69) is 13.8 Å². The third-order valence-corrected chi connectivity index (χ3v) is 5.85. The Balaban J connectivity index is 0.00000136. The average molecular weight is 399 g/mol. The first kappa shape index (κ1) is 22.6. The van der Waals surface area contributed by atoms with Gasteiger partial charge in [0.25, 0.3) is 0 Å². The second-order valence-corrected chi connectivity index (χ2v) is 8.62. The summed E-state index contributed by atoms with van der Waals surface area (Å²) in [5, 5.41) is 0. The normalized spacial score (nSPS) is 29.5.